The first kappa shape index (κ1) is 22.3. The van der Waals surface area contributed by atoms with E-state index < -0.39 is 5.91 Å². The van der Waals surface area contributed by atoms with Gasteiger partial charge in [0.25, 0.3) is 11.8 Å². The highest BCUT2D eigenvalue weighted by atomic mass is 35.5. The van der Waals surface area contributed by atoms with Crippen molar-refractivity contribution >= 4 is 23.4 Å². The van der Waals surface area contributed by atoms with Gasteiger partial charge in [-0.05, 0) is 37.4 Å². The van der Waals surface area contributed by atoms with Gasteiger partial charge in [-0.3, -0.25) is 25.3 Å². The molecule has 0 aliphatic heterocycles. The molecular formula is C20H24ClN3O5. The van der Waals surface area contributed by atoms with Crippen LogP contribution in [0.3, 0.4) is 0 Å². The summed E-state index contributed by atoms with van der Waals surface area (Å²) in [7, 11) is 4.95. The molecule has 0 heterocycles. The van der Waals surface area contributed by atoms with Crippen LogP contribution in [-0.2, 0) is 16.1 Å². The summed E-state index contributed by atoms with van der Waals surface area (Å²) in [4.78, 5) is 25.6. The predicted molar refractivity (Wildman–Crippen MR) is 109 cm³/mol. The lowest BCUT2D eigenvalue weighted by Crippen LogP contribution is -2.47. The van der Waals surface area contributed by atoms with Crippen molar-refractivity contribution in [1.29, 1.82) is 0 Å². The Kier molecular flexibility index (Phi) is 8.57. The van der Waals surface area contributed by atoms with Gasteiger partial charge in [0, 0.05) is 23.2 Å². The topological polar surface area (TPSA) is 89.1 Å². The van der Waals surface area contributed by atoms with E-state index >= 15 is 0 Å². The molecule has 0 atom stereocenters. The van der Waals surface area contributed by atoms with Gasteiger partial charge >= 0.3 is 0 Å². The van der Waals surface area contributed by atoms with Gasteiger partial charge in [-0.25, -0.2) is 0 Å². The number of nitrogens with zero attached hydrogens (tertiary/aromatic N) is 1. The Morgan fingerprint density at radius 2 is 1.62 bits per heavy atom. The molecule has 0 bridgehead atoms. The molecule has 0 aliphatic rings. The van der Waals surface area contributed by atoms with Crippen molar-refractivity contribution in [2.24, 2.45) is 0 Å². The van der Waals surface area contributed by atoms with E-state index in [4.69, 9.17) is 25.8 Å². The van der Waals surface area contributed by atoms with Crippen molar-refractivity contribution < 1.29 is 23.8 Å². The molecule has 29 heavy (non-hydrogen) atoms. The third kappa shape index (κ3) is 7.52. The van der Waals surface area contributed by atoms with Gasteiger partial charge in [-0.15, -0.1) is 0 Å². The van der Waals surface area contributed by atoms with Crippen LogP contribution >= 0.6 is 11.6 Å². The van der Waals surface area contributed by atoms with Crippen LogP contribution in [0.5, 0.6) is 17.2 Å². The van der Waals surface area contributed by atoms with E-state index in [9.17, 15) is 9.59 Å². The number of rotatable bonds is 9. The van der Waals surface area contributed by atoms with E-state index in [0.717, 1.165) is 5.56 Å². The number of hydrazine groups is 1. The largest absolute Gasteiger partial charge is 0.497 e. The quantitative estimate of drug-likeness (QED) is 0.602. The maximum absolute atomic E-state index is 12.0. The Bertz CT molecular complexity index is 829. The lowest BCUT2D eigenvalue weighted by atomic mass is 10.2. The van der Waals surface area contributed by atoms with E-state index in [2.05, 4.69) is 10.9 Å². The molecular weight excluding hydrogens is 398 g/mol. The first-order chi connectivity index (χ1) is 13.9. The molecule has 156 valence electrons. The summed E-state index contributed by atoms with van der Waals surface area (Å²) in [5, 5.41) is 0.574. The molecule has 0 aliphatic carbocycles. The minimum atomic E-state index is -0.479. The minimum Gasteiger partial charge on any atom is -0.497 e. The molecule has 0 fully saturated rings. The molecule has 2 aromatic rings. The van der Waals surface area contributed by atoms with Crippen LogP contribution in [0.1, 0.15) is 5.56 Å². The van der Waals surface area contributed by atoms with Crippen LogP contribution < -0.4 is 25.1 Å². The number of carbonyl (C=O) groups excluding carboxylic acids is 2. The molecule has 0 aromatic heterocycles. The smallest absolute Gasteiger partial charge is 0.276 e. The van der Waals surface area contributed by atoms with Gasteiger partial charge in [0.05, 0.1) is 20.8 Å². The Morgan fingerprint density at radius 3 is 2.28 bits per heavy atom. The second-order valence-electron chi connectivity index (χ2n) is 6.19. The zero-order chi connectivity index (χ0) is 21.2. The van der Waals surface area contributed by atoms with Gasteiger partial charge in [-0.1, -0.05) is 17.7 Å². The summed E-state index contributed by atoms with van der Waals surface area (Å²) in [6.45, 7) is 0.322. The fourth-order valence-electron chi connectivity index (χ4n) is 2.47. The second-order valence-corrected chi connectivity index (χ2v) is 6.63. The number of methoxy groups -OCH3 is 2. The van der Waals surface area contributed by atoms with Crippen LogP contribution in [-0.4, -0.2) is 51.1 Å². The normalized spacial score (nSPS) is 10.4. The van der Waals surface area contributed by atoms with Crippen LogP contribution in [0.15, 0.2) is 42.5 Å². The molecule has 0 unspecified atom stereocenters. The van der Waals surface area contributed by atoms with Gasteiger partial charge in [-0.2, -0.15) is 0 Å². The molecule has 9 heteroatoms. The van der Waals surface area contributed by atoms with Crippen molar-refractivity contribution in [3.8, 4) is 17.2 Å². The number of ether oxygens (including phenoxy) is 3. The van der Waals surface area contributed by atoms with Crippen molar-refractivity contribution in [3.05, 3.63) is 53.1 Å². The summed E-state index contributed by atoms with van der Waals surface area (Å²) in [5.74, 6) is 1.02. The number of hydrogen-bond donors (Lipinski definition) is 2. The highest BCUT2D eigenvalue weighted by Crippen LogP contribution is 2.25. The third-order valence-corrected chi connectivity index (χ3v) is 4.12. The maximum Gasteiger partial charge on any atom is 0.276 e. The second kappa shape index (κ2) is 11.1. The van der Waals surface area contributed by atoms with Gasteiger partial charge in [0.15, 0.2) is 6.61 Å². The fourth-order valence-corrected chi connectivity index (χ4v) is 2.60. The highest BCUT2D eigenvalue weighted by Gasteiger charge is 2.12. The molecule has 2 rings (SSSR count). The number of likely N-dealkylation sites (N-methyl/N-ethyl adjacent to an activating group) is 1. The summed E-state index contributed by atoms with van der Waals surface area (Å²) in [6, 6.07) is 12.1. The Balaban J connectivity index is 1.74. The number of halogens is 1. The minimum absolute atomic E-state index is 0.0769. The average Bonchev–Trinajstić information content (AvgIpc) is 2.72. The van der Waals surface area contributed by atoms with Crippen LogP contribution in [0, 0.1) is 0 Å². The van der Waals surface area contributed by atoms with Gasteiger partial charge < -0.3 is 14.2 Å². The first-order valence-electron chi connectivity index (χ1n) is 8.76. The van der Waals surface area contributed by atoms with Crippen LogP contribution in [0.25, 0.3) is 0 Å². The molecule has 2 N–H and O–H groups in total. The number of carbonyl (C=O) groups is 2. The summed E-state index contributed by atoms with van der Waals surface area (Å²) in [5.41, 5.74) is 5.58. The van der Waals surface area contributed by atoms with Crippen molar-refractivity contribution in [2.45, 2.75) is 6.54 Å². The molecule has 0 saturated carbocycles. The van der Waals surface area contributed by atoms with Gasteiger partial charge in [0.2, 0.25) is 0 Å². The van der Waals surface area contributed by atoms with Crippen LogP contribution in [0.2, 0.25) is 5.02 Å². The van der Waals surface area contributed by atoms with E-state index in [1.54, 1.807) is 56.5 Å². The van der Waals surface area contributed by atoms with E-state index in [-0.39, 0.29) is 19.1 Å². The first-order valence-corrected chi connectivity index (χ1v) is 9.14. The zero-order valence-corrected chi connectivity index (χ0v) is 17.3. The lowest BCUT2D eigenvalue weighted by Gasteiger charge is -2.18. The zero-order valence-electron chi connectivity index (χ0n) is 16.5. The summed E-state index contributed by atoms with van der Waals surface area (Å²) >= 11 is 5.78. The average molecular weight is 422 g/mol. The predicted octanol–water partition coefficient (Wildman–Crippen LogP) is 2.02. The summed E-state index contributed by atoms with van der Waals surface area (Å²) < 4.78 is 15.8. The SMILES string of the molecule is COc1ccc(CN(C)CC(=O)NNC(=O)COc2ccc(Cl)cc2)c(OC)c1. The van der Waals surface area contributed by atoms with Crippen LogP contribution in [0.4, 0.5) is 0 Å². The van der Waals surface area contributed by atoms with E-state index in [1.807, 2.05) is 12.1 Å². The Morgan fingerprint density at radius 1 is 0.966 bits per heavy atom. The molecule has 0 spiro atoms. The standard InChI is InChI=1S/C20H24ClN3O5/c1-24(11-14-4-7-17(27-2)10-18(14)28-3)12-19(25)22-23-20(26)13-29-16-8-5-15(21)6-9-16/h4-10H,11-13H2,1-3H3,(H,22,25)(H,23,26). The van der Waals surface area contributed by atoms with E-state index in [1.165, 1.54) is 0 Å². The molecule has 0 saturated heterocycles. The number of benzene rings is 2. The number of nitrogens with one attached hydrogen (secondary N) is 2. The fraction of sp³-hybridized carbons (Fsp3) is 0.300. The monoisotopic (exact) mass is 421 g/mol. The van der Waals surface area contributed by atoms with Crippen molar-refractivity contribution in [2.75, 3.05) is 34.4 Å². The molecule has 2 amide bonds. The lowest BCUT2D eigenvalue weighted by molar-refractivity contribution is -0.130. The van der Waals surface area contributed by atoms with Crippen molar-refractivity contribution in [3.63, 3.8) is 0 Å². The Hall–Kier alpha value is -2.97. The Labute approximate surface area is 174 Å². The molecule has 0 radical (unpaired) electrons. The molecule has 2 aromatic carbocycles. The van der Waals surface area contributed by atoms with Crippen molar-refractivity contribution in [1.82, 2.24) is 15.8 Å². The number of hydrogen-bond acceptors (Lipinski definition) is 6. The third-order valence-electron chi connectivity index (χ3n) is 3.87. The highest BCUT2D eigenvalue weighted by molar-refractivity contribution is 6.30. The van der Waals surface area contributed by atoms with Gasteiger partial charge in [0.1, 0.15) is 17.2 Å². The summed E-state index contributed by atoms with van der Waals surface area (Å²) in [6.07, 6.45) is 0. The molecule has 8 nitrogen and oxygen atoms in total. The number of amides is 2. The van der Waals surface area contributed by atoms with E-state index in [0.29, 0.717) is 28.8 Å². The maximum atomic E-state index is 12.0.